The van der Waals surface area contributed by atoms with Crippen LogP contribution in [0.3, 0.4) is 0 Å². The van der Waals surface area contributed by atoms with E-state index in [1.807, 2.05) is 19.1 Å². The first-order chi connectivity index (χ1) is 9.94. The van der Waals surface area contributed by atoms with Crippen molar-refractivity contribution in [2.24, 2.45) is 0 Å². The highest BCUT2D eigenvalue weighted by atomic mass is 32.2. The molecule has 0 fully saturated rings. The van der Waals surface area contributed by atoms with Gasteiger partial charge in [-0.25, -0.2) is 13.1 Å². The van der Waals surface area contributed by atoms with Crippen LogP contribution in [0.2, 0.25) is 0 Å². The molecular weight excluding hydrogens is 290 g/mol. The topological polar surface area (TPSA) is 79.4 Å². The van der Waals surface area contributed by atoms with Crippen LogP contribution in [0, 0.1) is 0 Å². The number of rotatable bonds is 9. The predicted octanol–water partition coefficient (Wildman–Crippen LogP) is 0.802. The van der Waals surface area contributed by atoms with E-state index in [0.717, 1.165) is 12.0 Å². The third-order valence-electron chi connectivity index (χ3n) is 3.12. The number of carbonyl (C=O) groups excluding carboxylic acids is 1. The summed E-state index contributed by atoms with van der Waals surface area (Å²) in [6.07, 6.45) is 5.54. The van der Waals surface area contributed by atoms with Crippen molar-refractivity contribution in [2.75, 3.05) is 25.9 Å². The Kier molecular flexibility index (Phi) is 7.31. The molecule has 1 aromatic heterocycles. The molecule has 118 valence electrons. The van der Waals surface area contributed by atoms with Crippen LogP contribution in [0.1, 0.15) is 25.3 Å². The average Bonchev–Trinajstić information content (AvgIpc) is 2.49. The summed E-state index contributed by atoms with van der Waals surface area (Å²) in [6.45, 7) is 2.28. The van der Waals surface area contributed by atoms with Crippen LogP contribution in [0.25, 0.3) is 0 Å². The number of aromatic nitrogens is 1. The molecule has 0 radical (unpaired) electrons. The molecule has 7 heteroatoms. The van der Waals surface area contributed by atoms with Gasteiger partial charge in [-0.15, -0.1) is 0 Å². The Labute approximate surface area is 126 Å². The molecule has 1 rings (SSSR count). The van der Waals surface area contributed by atoms with Crippen molar-refractivity contribution in [1.29, 1.82) is 0 Å². The average molecular weight is 313 g/mol. The van der Waals surface area contributed by atoms with E-state index in [0.29, 0.717) is 19.4 Å². The SMILES string of the molecule is CCCCS(=O)(=O)NCC(=O)N(C)CCc1ccncc1. The van der Waals surface area contributed by atoms with Gasteiger partial charge in [0.05, 0.1) is 12.3 Å². The molecule has 0 unspecified atom stereocenters. The molecule has 1 N–H and O–H groups in total. The lowest BCUT2D eigenvalue weighted by molar-refractivity contribution is -0.128. The number of hydrogen-bond donors (Lipinski definition) is 1. The molecule has 0 spiro atoms. The first-order valence-electron chi connectivity index (χ1n) is 7.05. The van der Waals surface area contributed by atoms with Crippen LogP contribution in [0.15, 0.2) is 24.5 Å². The first-order valence-corrected chi connectivity index (χ1v) is 8.70. The molecule has 0 aliphatic rings. The molecule has 1 amide bonds. The summed E-state index contributed by atoms with van der Waals surface area (Å²) < 4.78 is 25.6. The quantitative estimate of drug-likeness (QED) is 0.731. The van der Waals surface area contributed by atoms with Gasteiger partial charge < -0.3 is 4.90 Å². The van der Waals surface area contributed by atoms with Gasteiger partial charge in [-0.1, -0.05) is 13.3 Å². The van der Waals surface area contributed by atoms with E-state index in [2.05, 4.69) is 9.71 Å². The lowest BCUT2D eigenvalue weighted by Crippen LogP contribution is -2.39. The Balaban J connectivity index is 2.34. The number of hydrogen-bond acceptors (Lipinski definition) is 4. The van der Waals surface area contributed by atoms with Gasteiger partial charge in [0.2, 0.25) is 15.9 Å². The largest absolute Gasteiger partial charge is 0.344 e. The van der Waals surface area contributed by atoms with Crippen molar-refractivity contribution in [3.8, 4) is 0 Å². The van der Waals surface area contributed by atoms with E-state index in [1.165, 1.54) is 4.90 Å². The maximum absolute atomic E-state index is 11.9. The van der Waals surface area contributed by atoms with Crippen molar-refractivity contribution in [3.63, 3.8) is 0 Å². The highest BCUT2D eigenvalue weighted by Crippen LogP contribution is 1.99. The highest BCUT2D eigenvalue weighted by molar-refractivity contribution is 7.89. The van der Waals surface area contributed by atoms with Gasteiger partial charge in [-0.05, 0) is 30.5 Å². The van der Waals surface area contributed by atoms with E-state index in [9.17, 15) is 13.2 Å². The Morgan fingerprint density at radius 1 is 1.33 bits per heavy atom. The minimum Gasteiger partial charge on any atom is -0.344 e. The van der Waals surface area contributed by atoms with Gasteiger partial charge in [0.25, 0.3) is 0 Å². The lowest BCUT2D eigenvalue weighted by Gasteiger charge is -2.17. The maximum atomic E-state index is 11.9. The normalized spacial score (nSPS) is 11.3. The van der Waals surface area contributed by atoms with Crippen molar-refractivity contribution < 1.29 is 13.2 Å². The van der Waals surface area contributed by atoms with E-state index in [1.54, 1.807) is 19.4 Å². The van der Waals surface area contributed by atoms with E-state index in [4.69, 9.17) is 0 Å². The maximum Gasteiger partial charge on any atom is 0.237 e. The summed E-state index contributed by atoms with van der Waals surface area (Å²) in [5.74, 6) is -0.165. The molecule has 0 aliphatic carbocycles. The molecular formula is C14H23N3O3S. The number of sulfonamides is 1. The summed E-state index contributed by atoms with van der Waals surface area (Å²) in [4.78, 5) is 17.3. The summed E-state index contributed by atoms with van der Waals surface area (Å²) in [5, 5.41) is 0. The van der Waals surface area contributed by atoms with Crippen LogP contribution >= 0.6 is 0 Å². The Hall–Kier alpha value is -1.47. The van der Waals surface area contributed by atoms with Crippen molar-refractivity contribution in [2.45, 2.75) is 26.2 Å². The number of pyridine rings is 1. The second-order valence-electron chi connectivity index (χ2n) is 4.91. The Morgan fingerprint density at radius 3 is 2.62 bits per heavy atom. The molecule has 0 saturated carbocycles. The lowest BCUT2D eigenvalue weighted by atomic mass is 10.2. The second kappa shape index (κ2) is 8.74. The molecule has 0 aromatic carbocycles. The number of likely N-dealkylation sites (N-methyl/N-ethyl adjacent to an activating group) is 1. The zero-order chi connectivity index (χ0) is 15.7. The first kappa shape index (κ1) is 17.6. The highest BCUT2D eigenvalue weighted by Gasteiger charge is 2.14. The number of unbranched alkanes of at least 4 members (excludes halogenated alkanes) is 1. The second-order valence-corrected chi connectivity index (χ2v) is 6.84. The fourth-order valence-corrected chi connectivity index (χ4v) is 2.84. The molecule has 6 nitrogen and oxygen atoms in total. The number of nitrogens with one attached hydrogen (secondary N) is 1. The summed E-state index contributed by atoms with van der Waals surface area (Å²) in [5.41, 5.74) is 1.09. The fraction of sp³-hybridized carbons (Fsp3) is 0.571. The minimum absolute atomic E-state index is 0.0670. The van der Waals surface area contributed by atoms with Crippen LogP contribution in [-0.2, 0) is 21.2 Å². The molecule has 0 saturated heterocycles. The van der Waals surface area contributed by atoms with Gasteiger partial charge >= 0.3 is 0 Å². The monoisotopic (exact) mass is 313 g/mol. The van der Waals surface area contributed by atoms with Crippen LogP contribution in [0.5, 0.6) is 0 Å². The van der Waals surface area contributed by atoms with Crippen molar-refractivity contribution >= 4 is 15.9 Å². The van der Waals surface area contributed by atoms with Gasteiger partial charge in [0.15, 0.2) is 0 Å². The number of carbonyl (C=O) groups is 1. The minimum atomic E-state index is -3.35. The smallest absolute Gasteiger partial charge is 0.237 e. The molecule has 0 aliphatic heterocycles. The van der Waals surface area contributed by atoms with Crippen LogP contribution in [0.4, 0.5) is 0 Å². The molecule has 0 bridgehead atoms. The number of amides is 1. The van der Waals surface area contributed by atoms with Crippen LogP contribution < -0.4 is 4.72 Å². The van der Waals surface area contributed by atoms with Crippen LogP contribution in [-0.4, -0.2) is 50.1 Å². The summed E-state index contributed by atoms with van der Waals surface area (Å²) in [6, 6.07) is 3.79. The summed E-state index contributed by atoms with van der Waals surface area (Å²) in [7, 11) is -1.67. The van der Waals surface area contributed by atoms with E-state index >= 15 is 0 Å². The third kappa shape index (κ3) is 7.19. The van der Waals surface area contributed by atoms with Gasteiger partial charge in [0, 0.05) is 26.0 Å². The zero-order valence-corrected chi connectivity index (χ0v) is 13.4. The van der Waals surface area contributed by atoms with Crippen molar-refractivity contribution in [1.82, 2.24) is 14.6 Å². The molecule has 21 heavy (non-hydrogen) atoms. The van der Waals surface area contributed by atoms with Gasteiger partial charge in [0.1, 0.15) is 0 Å². The molecule has 1 aromatic rings. The Bertz CT molecular complexity index is 532. The van der Waals surface area contributed by atoms with E-state index < -0.39 is 10.0 Å². The zero-order valence-electron chi connectivity index (χ0n) is 12.6. The Morgan fingerprint density at radius 2 is 2.00 bits per heavy atom. The third-order valence-corrected chi connectivity index (χ3v) is 4.53. The van der Waals surface area contributed by atoms with E-state index in [-0.39, 0.29) is 18.2 Å². The predicted molar refractivity (Wildman–Crippen MR) is 82.3 cm³/mol. The molecule has 1 heterocycles. The number of nitrogens with zero attached hydrogens (tertiary/aromatic N) is 2. The van der Waals surface area contributed by atoms with Gasteiger partial charge in [-0.3, -0.25) is 9.78 Å². The molecule has 0 atom stereocenters. The van der Waals surface area contributed by atoms with Crippen molar-refractivity contribution in [3.05, 3.63) is 30.1 Å². The standard InChI is InChI=1S/C14H23N3O3S/c1-3-4-11-21(19,20)16-12-14(18)17(2)10-7-13-5-8-15-9-6-13/h5-6,8-9,16H,3-4,7,10-12H2,1-2H3. The summed E-state index contributed by atoms with van der Waals surface area (Å²) >= 11 is 0. The van der Waals surface area contributed by atoms with Gasteiger partial charge in [-0.2, -0.15) is 0 Å². The fourth-order valence-electron chi connectivity index (χ4n) is 1.68.